The molecule has 52 heavy (non-hydrogen) atoms. The number of benzene rings is 2. The third kappa shape index (κ3) is 12.1. The molecule has 0 radical (unpaired) electrons. The van der Waals surface area contributed by atoms with Gasteiger partial charge in [0.1, 0.15) is 24.0 Å². The average Bonchev–Trinajstić information content (AvgIpc) is 3.10. The predicted molar refractivity (Wildman–Crippen MR) is 196 cm³/mol. The van der Waals surface area contributed by atoms with Crippen molar-refractivity contribution in [1.82, 2.24) is 10.6 Å². The van der Waals surface area contributed by atoms with E-state index in [9.17, 15) is 24.0 Å². The molecule has 0 fully saturated rings. The van der Waals surface area contributed by atoms with Crippen molar-refractivity contribution in [2.24, 2.45) is 23.0 Å². The van der Waals surface area contributed by atoms with Crippen LogP contribution in [-0.2, 0) is 44.6 Å². The minimum absolute atomic E-state index is 0.0251. The average molecular weight is 742 g/mol. The van der Waals surface area contributed by atoms with E-state index in [4.69, 9.17) is 36.3 Å². The van der Waals surface area contributed by atoms with Crippen LogP contribution in [0, 0.1) is 17.3 Å². The third-order valence-corrected chi connectivity index (χ3v) is 9.30. The van der Waals surface area contributed by atoms with Gasteiger partial charge in [-0.15, -0.1) is 0 Å². The Hall–Kier alpha value is -4.42. The molecule has 0 bridgehead atoms. The van der Waals surface area contributed by atoms with E-state index in [1.165, 1.54) is 19.3 Å². The largest absolute Gasteiger partial charge is 0.495 e. The van der Waals surface area contributed by atoms with Crippen LogP contribution in [0.5, 0.6) is 5.75 Å². The van der Waals surface area contributed by atoms with Crippen LogP contribution >= 0.6 is 11.6 Å². The molecule has 1 unspecified atom stereocenters. The zero-order valence-electron chi connectivity index (χ0n) is 31.0. The summed E-state index contributed by atoms with van der Waals surface area (Å²) in [4.78, 5) is 66.8. The van der Waals surface area contributed by atoms with Crippen LogP contribution in [0.25, 0.3) is 0 Å². The lowest BCUT2D eigenvalue weighted by molar-refractivity contribution is -0.181. The quantitative estimate of drug-likeness (QED) is 0.217. The van der Waals surface area contributed by atoms with E-state index in [1.807, 2.05) is 51.1 Å². The number of ether oxygens (including phenoxy) is 4. The Morgan fingerprint density at radius 3 is 2.35 bits per heavy atom. The first-order valence-electron chi connectivity index (χ1n) is 17.5. The second kappa shape index (κ2) is 19.4. The molecule has 0 spiro atoms. The van der Waals surface area contributed by atoms with Gasteiger partial charge in [-0.3, -0.25) is 19.2 Å². The summed E-state index contributed by atoms with van der Waals surface area (Å²) in [5.41, 5.74) is 5.91. The second-order valence-electron chi connectivity index (χ2n) is 14.2. The minimum atomic E-state index is -1.26. The maximum Gasteiger partial charge on any atom is 0.347 e. The number of nitrogens with one attached hydrogen (secondary N) is 2. The van der Waals surface area contributed by atoms with Crippen LogP contribution in [-0.4, -0.2) is 74.3 Å². The van der Waals surface area contributed by atoms with Gasteiger partial charge in [-0.2, -0.15) is 0 Å². The van der Waals surface area contributed by atoms with Crippen molar-refractivity contribution in [3.8, 4) is 5.75 Å². The van der Waals surface area contributed by atoms with E-state index >= 15 is 0 Å². The van der Waals surface area contributed by atoms with Crippen LogP contribution in [0.15, 0.2) is 60.7 Å². The molecule has 1 heterocycles. The Labute approximate surface area is 311 Å². The van der Waals surface area contributed by atoms with Gasteiger partial charge in [0, 0.05) is 31.2 Å². The highest BCUT2D eigenvalue weighted by Gasteiger charge is 2.39. The standard InChI is InChI=1S/C39H52ClN3O9/c1-23(2)18-32-37(47)50-30(25(4)35(52-34(45)21-41)24(3)27-12-9-8-10-13-27)14-11-15-33(44)43-29(20-26-16-17-31(49-7)28(40)19-26)36(46)42-22-39(5,6)38(48)51-32/h8-13,15-17,19,23-25,29-30,32,35H,14,18,20-22,41H2,1-7H3,(H,42,46)(H,43,44)/b15-11+/t24-,25-,29?,30-,32-,35-/m0/s1. The number of hydrogen-bond acceptors (Lipinski definition) is 10. The summed E-state index contributed by atoms with van der Waals surface area (Å²) in [5, 5.41) is 5.84. The van der Waals surface area contributed by atoms with Crippen molar-refractivity contribution in [2.75, 3.05) is 20.2 Å². The van der Waals surface area contributed by atoms with Crippen molar-refractivity contribution < 1.29 is 42.9 Å². The van der Waals surface area contributed by atoms with Gasteiger partial charge >= 0.3 is 17.9 Å². The topological polar surface area (TPSA) is 172 Å². The SMILES string of the molecule is COc1ccc(CC2NC(=O)/C=C/C[C@@H]([C@H](C)[C@@H](OC(=O)CN)[C@@H](C)c3ccccc3)OC(=O)[C@H](CC(C)C)OC(=O)C(C)(C)CNC2=O)cc1Cl. The fourth-order valence-corrected chi connectivity index (χ4v) is 6.12. The number of nitrogens with two attached hydrogens (primary N) is 1. The van der Waals surface area contributed by atoms with Crippen molar-refractivity contribution in [3.63, 3.8) is 0 Å². The molecule has 13 heteroatoms. The number of carbonyl (C=O) groups is 5. The highest BCUT2D eigenvalue weighted by Crippen LogP contribution is 2.32. The first-order chi connectivity index (χ1) is 24.6. The van der Waals surface area contributed by atoms with E-state index < -0.39 is 65.4 Å². The Morgan fingerprint density at radius 2 is 1.73 bits per heavy atom. The Bertz CT molecular complexity index is 1580. The maximum atomic E-state index is 13.8. The van der Waals surface area contributed by atoms with Crippen LogP contribution in [0.2, 0.25) is 5.02 Å². The molecule has 0 saturated heterocycles. The lowest BCUT2D eigenvalue weighted by Gasteiger charge is -2.35. The summed E-state index contributed by atoms with van der Waals surface area (Å²) >= 11 is 6.33. The van der Waals surface area contributed by atoms with Gasteiger partial charge in [0.25, 0.3) is 0 Å². The van der Waals surface area contributed by atoms with E-state index in [0.29, 0.717) is 16.3 Å². The molecular weight excluding hydrogens is 690 g/mol. The molecule has 3 rings (SSSR count). The van der Waals surface area contributed by atoms with Crippen LogP contribution in [0.4, 0.5) is 0 Å². The molecular formula is C39H52ClN3O9. The molecule has 0 saturated carbocycles. The number of cyclic esters (lactones) is 2. The van der Waals surface area contributed by atoms with Crippen LogP contribution in [0.3, 0.4) is 0 Å². The molecule has 6 atom stereocenters. The van der Waals surface area contributed by atoms with E-state index in [0.717, 1.165) is 5.56 Å². The van der Waals surface area contributed by atoms with Crippen LogP contribution < -0.4 is 21.1 Å². The van der Waals surface area contributed by atoms with Gasteiger partial charge in [-0.1, -0.05) is 81.8 Å². The number of amides is 2. The molecule has 0 aromatic heterocycles. The van der Waals surface area contributed by atoms with E-state index in [-0.39, 0.29) is 44.2 Å². The van der Waals surface area contributed by atoms with Gasteiger partial charge in [0.15, 0.2) is 6.10 Å². The Morgan fingerprint density at radius 1 is 1.04 bits per heavy atom. The van der Waals surface area contributed by atoms with Gasteiger partial charge in [-0.25, -0.2) is 4.79 Å². The van der Waals surface area contributed by atoms with E-state index in [1.54, 1.807) is 39.0 Å². The molecule has 0 aliphatic carbocycles. The highest BCUT2D eigenvalue weighted by atomic mass is 35.5. The zero-order chi connectivity index (χ0) is 38.6. The first-order valence-corrected chi connectivity index (χ1v) is 17.9. The molecule has 4 N–H and O–H groups in total. The Balaban J connectivity index is 2.04. The van der Waals surface area contributed by atoms with Crippen LogP contribution in [0.1, 0.15) is 71.4 Å². The summed E-state index contributed by atoms with van der Waals surface area (Å²) in [6.45, 7) is 10.1. The highest BCUT2D eigenvalue weighted by molar-refractivity contribution is 6.32. The zero-order valence-corrected chi connectivity index (χ0v) is 31.7. The lowest BCUT2D eigenvalue weighted by atomic mass is 9.84. The summed E-state index contributed by atoms with van der Waals surface area (Å²) in [7, 11) is 1.49. The van der Waals surface area contributed by atoms with Gasteiger partial charge < -0.3 is 35.3 Å². The number of esters is 3. The molecule has 2 aromatic rings. The fourth-order valence-electron chi connectivity index (χ4n) is 5.84. The molecule has 1 aliphatic rings. The molecule has 2 amide bonds. The van der Waals surface area contributed by atoms with Gasteiger partial charge in [-0.05, 0) is 55.5 Å². The third-order valence-electron chi connectivity index (χ3n) is 9.01. The summed E-state index contributed by atoms with van der Waals surface area (Å²) in [6.07, 6.45) is 0.0727. The van der Waals surface area contributed by atoms with Crippen molar-refractivity contribution in [2.45, 2.75) is 91.1 Å². The number of carbonyl (C=O) groups excluding carboxylic acids is 5. The smallest absolute Gasteiger partial charge is 0.347 e. The summed E-state index contributed by atoms with van der Waals surface area (Å²) < 4.78 is 23.0. The first kappa shape index (κ1) is 42.0. The second-order valence-corrected chi connectivity index (χ2v) is 14.6. The Kier molecular flexibility index (Phi) is 15.7. The normalized spacial score (nSPS) is 22.5. The van der Waals surface area contributed by atoms with E-state index in [2.05, 4.69) is 10.6 Å². The monoisotopic (exact) mass is 741 g/mol. The molecule has 284 valence electrons. The predicted octanol–water partition coefficient (Wildman–Crippen LogP) is 4.66. The summed E-state index contributed by atoms with van der Waals surface area (Å²) in [6, 6.07) is 13.4. The van der Waals surface area contributed by atoms with Crippen molar-refractivity contribution in [1.29, 1.82) is 0 Å². The number of hydrogen-bond donors (Lipinski definition) is 3. The fraction of sp³-hybridized carbons (Fsp3) is 0.513. The number of methoxy groups -OCH3 is 1. The minimum Gasteiger partial charge on any atom is -0.495 e. The molecule has 12 nitrogen and oxygen atoms in total. The van der Waals surface area contributed by atoms with Gasteiger partial charge in [0.2, 0.25) is 11.8 Å². The number of halogens is 1. The summed E-state index contributed by atoms with van der Waals surface area (Å²) in [5.74, 6) is -3.80. The maximum absolute atomic E-state index is 13.8. The molecule has 2 aromatic carbocycles. The molecule has 1 aliphatic heterocycles. The number of rotatable bonds is 11. The van der Waals surface area contributed by atoms with Crippen molar-refractivity contribution >= 4 is 41.3 Å². The lowest BCUT2D eigenvalue weighted by Crippen LogP contribution is -2.51. The van der Waals surface area contributed by atoms with Gasteiger partial charge in [0.05, 0.1) is 24.1 Å². The van der Waals surface area contributed by atoms with Crippen molar-refractivity contribution in [3.05, 3.63) is 76.8 Å².